The number of carbonyl (C=O) groups is 1. The number of aromatic amines is 1. The molecule has 1 aromatic carbocycles. The smallest absolute Gasteiger partial charge is 0.251 e. The molecule has 0 aliphatic carbocycles. The van der Waals surface area contributed by atoms with E-state index in [2.05, 4.69) is 20.0 Å². The highest BCUT2D eigenvalue weighted by atomic mass is 32.2. The monoisotopic (exact) mass is 364 g/mol. The van der Waals surface area contributed by atoms with E-state index in [-0.39, 0.29) is 16.7 Å². The standard InChI is InChI=1S/C17H24N4O3S/c1-4-16-18-10-14(21-16)11-19-17(22)13-5-7-15(8-6-13)25(23,24)20-9-12(2)3/h5-8,10,12,20H,4,9,11H2,1-3H3,(H,18,21)(H,19,22). The molecule has 0 saturated heterocycles. The first kappa shape index (κ1) is 19.1. The topological polar surface area (TPSA) is 104 Å². The van der Waals surface area contributed by atoms with Gasteiger partial charge in [-0.2, -0.15) is 0 Å². The van der Waals surface area contributed by atoms with Crippen molar-refractivity contribution in [3.8, 4) is 0 Å². The van der Waals surface area contributed by atoms with Crippen molar-refractivity contribution in [3.63, 3.8) is 0 Å². The molecule has 25 heavy (non-hydrogen) atoms. The summed E-state index contributed by atoms with van der Waals surface area (Å²) in [5, 5.41) is 2.78. The molecule has 0 radical (unpaired) electrons. The molecule has 0 spiro atoms. The van der Waals surface area contributed by atoms with Gasteiger partial charge in [0.25, 0.3) is 5.91 Å². The van der Waals surface area contributed by atoms with Crippen molar-refractivity contribution in [3.05, 3.63) is 47.5 Å². The molecule has 136 valence electrons. The molecule has 0 atom stereocenters. The van der Waals surface area contributed by atoms with Crippen LogP contribution in [0.25, 0.3) is 0 Å². The highest BCUT2D eigenvalue weighted by Crippen LogP contribution is 2.11. The number of benzene rings is 1. The van der Waals surface area contributed by atoms with E-state index < -0.39 is 10.0 Å². The van der Waals surface area contributed by atoms with Gasteiger partial charge in [-0.15, -0.1) is 0 Å². The Morgan fingerprint density at radius 2 is 1.92 bits per heavy atom. The fourth-order valence-corrected chi connectivity index (χ4v) is 3.31. The molecule has 2 rings (SSSR count). The van der Waals surface area contributed by atoms with Crippen LogP contribution in [0, 0.1) is 5.92 Å². The number of sulfonamides is 1. The molecular weight excluding hydrogens is 340 g/mol. The lowest BCUT2D eigenvalue weighted by Gasteiger charge is -2.09. The Balaban J connectivity index is 1.97. The van der Waals surface area contributed by atoms with E-state index in [4.69, 9.17) is 0 Å². The van der Waals surface area contributed by atoms with Gasteiger partial charge in [0.1, 0.15) is 5.82 Å². The number of hydrogen-bond acceptors (Lipinski definition) is 4. The Morgan fingerprint density at radius 1 is 1.24 bits per heavy atom. The Bertz CT molecular complexity index is 811. The first-order chi connectivity index (χ1) is 11.8. The van der Waals surface area contributed by atoms with E-state index in [1.165, 1.54) is 24.3 Å². The van der Waals surface area contributed by atoms with Gasteiger partial charge in [0, 0.05) is 18.5 Å². The summed E-state index contributed by atoms with van der Waals surface area (Å²) in [6, 6.07) is 5.87. The number of amides is 1. The van der Waals surface area contributed by atoms with Crippen molar-refractivity contribution < 1.29 is 13.2 Å². The number of aromatic nitrogens is 2. The Kier molecular flexibility index (Phi) is 6.33. The van der Waals surface area contributed by atoms with Crippen LogP contribution in [-0.4, -0.2) is 30.8 Å². The Hall–Kier alpha value is -2.19. The predicted octanol–water partition coefficient (Wildman–Crippen LogP) is 1.84. The van der Waals surface area contributed by atoms with Crippen molar-refractivity contribution in [1.82, 2.24) is 20.0 Å². The lowest BCUT2D eigenvalue weighted by molar-refractivity contribution is 0.0950. The molecule has 0 unspecified atom stereocenters. The summed E-state index contributed by atoms with van der Waals surface area (Å²) in [6.07, 6.45) is 2.49. The zero-order chi connectivity index (χ0) is 18.4. The molecule has 1 amide bonds. The summed E-state index contributed by atoms with van der Waals surface area (Å²) in [6.45, 7) is 6.56. The minimum atomic E-state index is -3.55. The van der Waals surface area contributed by atoms with Gasteiger partial charge in [0.15, 0.2) is 0 Å². The maximum Gasteiger partial charge on any atom is 0.251 e. The highest BCUT2D eigenvalue weighted by molar-refractivity contribution is 7.89. The van der Waals surface area contributed by atoms with Gasteiger partial charge in [-0.25, -0.2) is 18.1 Å². The van der Waals surface area contributed by atoms with Crippen LogP contribution in [0.4, 0.5) is 0 Å². The molecule has 3 N–H and O–H groups in total. The van der Waals surface area contributed by atoms with Crippen LogP contribution in [0.2, 0.25) is 0 Å². The van der Waals surface area contributed by atoms with Crippen LogP contribution in [0.5, 0.6) is 0 Å². The third kappa shape index (κ3) is 5.40. The second kappa shape index (κ2) is 8.26. The van der Waals surface area contributed by atoms with Gasteiger partial charge in [0.2, 0.25) is 10.0 Å². The van der Waals surface area contributed by atoms with Crippen molar-refractivity contribution >= 4 is 15.9 Å². The molecule has 0 aliphatic heterocycles. The maximum atomic E-state index is 12.2. The quantitative estimate of drug-likeness (QED) is 0.665. The van der Waals surface area contributed by atoms with Gasteiger partial charge >= 0.3 is 0 Å². The molecule has 1 heterocycles. The number of imidazole rings is 1. The number of H-pyrrole nitrogens is 1. The minimum absolute atomic E-state index is 0.144. The third-order valence-electron chi connectivity index (χ3n) is 3.56. The summed E-state index contributed by atoms with van der Waals surface area (Å²) in [5.74, 6) is 0.815. The van der Waals surface area contributed by atoms with Crippen molar-refractivity contribution in [2.75, 3.05) is 6.54 Å². The number of hydrogen-bond donors (Lipinski definition) is 3. The molecule has 0 aliphatic rings. The molecule has 0 saturated carbocycles. The van der Waals surface area contributed by atoms with Gasteiger partial charge in [0.05, 0.1) is 23.3 Å². The van der Waals surface area contributed by atoms with Crippen LogP contribution in [-0.2, 0) is 23.0 Å². The van der Waals surface area contributed by atoms with Crippen LogP contribution >= 0.6 is 0 Å². The average Bonchev–Trinajstić information content (AvgIpc) is 3.06. The number of aryl methyl sites for hydroxylation is 1. The average molecular weight is 364 g/mol. The molecule has 2 aromatic rings. The van der Waals surface area contributed by atoms with Gasteiger partial charge < -0.3 is 10.3 Å². The summed E-state index contributed by atoms with van der Waals surface area (Å²) in [4.78, 5) is 19.6. The predicted molar refractivity (Wildman–Crippen MR) is 95.6 cm³/mol. The second-order valence-electron chi connectivity index (χ2n) is 6.16. The minimum Gasteiger partial charge on any atom is -0.346 e. The molecule has 1 aromatic heterocycles. The van der Waals surface area contributed by atoms with Crippen LogP contribution < -0.4 is 10.0 Å². The normalized spacial score (nSPS) is 11.7. The zero-order valence-electron chi connectivity index (χ0n) is 14.7. The van der Waals surface area contributed by atoms with E-state index in [1.807, 2.05) is 20.8 Å². The van der Waals surface area contributed by atoms with Crippen molar-refractivity contribution in [1.29, 1.82) is 0 Å². The van der Waals surface area contributed by atoms with Gasteiger partial charge in [-0.1, -0.05) is 20.8 Å². The molecule has 0 bridgehead atoms. The Labute approximate surface area is 148 Å². The van der Waals surface area contributed by atoms with Crippen LogP contribution in [0.1, 0.15) is 42.6 Å². The van der Waals surface area contributed by atoms with Crippen molar-refractivity contribution in [2.24, 2.45) is 5.92 Å². The fourth-order valence-electron chi connectivity index (χ4n) is 2.10. The molecule has 8 heteroatoms. The summed E-state index contributed by atoms with van der Waals surface area (Å²) in [5.41, 5.74) is 1.22. The number of nitrogens with one attached hydrogen (secondary N) is 3. The van der Waals surface area contributed by atoms with E-state index in [0.29, 0.717) is 18.7 Å². The second-order valence-corrected chi connectivity index (χ2v) is 7.93. The summed E-state index contributed by atoms with van der Waals surface area (Å²) >= 11 is 0. The Morgan fingerprint density at radius 3 is 2.48 bits per heavy atom. The number of carbonyl (C=O) groups excluding carboxylic acids is 1. The first-order valence-corrected chi connectivity index (χ1v) is 9.70. The number of rotatable bonds is 8. The lowest BCUT2D eigenvalue weighted by Crippen LogP contribution is -2.27. The SMILES string of the molecule is CCc1ncc(CNC(=O)c2ccc(S(=O)(=O)NCC(C)C)cc2)[nH]1. The maximum absolute atomic E-state index is 12.2. The van der Waals surface area contributed by atoms with E-state index in [1.54, 1.807) is 6.20 Å². The highest BCUT2D eigenvalue weighted by Gasteiger charge is 2.15. The molecular formula is C17H24N4O3S. The first-order valence-electron chi connectivity index (χ1n) is 8.22. The lowest BCUT2D eigenvalue weighted by atomic mass is 10.2. The fraction of sp³-hybridized carbons (Fsp3) is 0.412. The van der Waals surface area contributed by atoms with Gasteiger partial charge in [-0.05, 0) is 30.2 Å². The molecule has 0 fully saturated rings. The van der Waals surface area contributed by atoms with Crippen LogP contribution in [0.15, 0.2) is 35.4 Å². The summed E-state index contributed by atoms with van der Waals surface area (Å²) in [7, 11) is -3.55. The third-order valence-corrected chi connectivity index (χ3v) is 5.00. The zero-order valence-corrected chi connectivity index (χ0v) is 15.5. The van der Waals surface area contributed by atoms with Crippen molar-refractivity contribution in [2.45, 2.75) is 38.6 Å². The van der Waals surface area contributed by atoms with Gasteiger partial charge in [-0.3, -0.25) is 4.79 Å². The van der Waals surface area contributed by atoms with E-state index in [0.717, 1.165) is 17.9 Å². The van der Waals surface area contributed by atoms with E-state index in [9.17, 15) is 13.2 Å². The summed E-state index contributed by atoms with van der Waals surface area (Å²) < 4.78 is 26.8. The molecule has 7 nitrogen and oxygen atoms in total. The largest absolute Gasteiger partial charge is 0.346 e. The van der Waals surface area contributed by atoms with E-state index >= 15 is 0 Å². The van der Waals surface area contributed by atoms with Crippen LogP contribution in [0.3, 0.4) is 0 Å². The number of nitrogens with zero attached hydrogens (tertiary/aromatic N) is 1.